The van der Waals surface area contributed by atoms with Crippen LogP contribution in [0.2, 0.25) is 0 Å². The molecule has 0 aliphatic heterocycles. The highest BCUT2D eigenvalue weighted by molar-refractivity contribution is 5.76. The summed E-state index contributed by atoms with van der Waals surface area (Å²) in [6.07, 6.45) is 64.9. The molecule has 0 saturated carbocycles. The molecule has 0 heterocycles. The number of aliphatic hydroxyl groups excluding tert-OH is 2. The Labute approximate surface area is 406 Å². The topological polar surface area (TPSA) is 95.9 Å². The van der Waals surface area contributed by atoms with Gasteiger partial charge in [0.25, 0.3) is 0 Å². The van der Waals surface area contributed by atoms with E-state index in [2.05, 4.69) is 31.3 Å². The second-order valence-electron chi connectivity index (χ2n) is 20.3. The van der Waals surface area contributed by atoms with Gasteiger partial charge in [-0.2, -0.15) is 0 Å². The molecular weight excluding hydrogens is 803 g/mol. The molecule has 0 aromatic rings. The number of hydrogen-bond donors (Lipinski definition) is 3. The van der Waals surface area contributed by atoms with Crippen molar-refractivity contribution in [1.82, 2.24) is 5.32 Å². The minimum atomic E-state index is -0.664. The van der Waals surface area contributed by atoms with Crippen molar-refractivity contribution in [2.75, 3.05) is 13.2 Å². The number of carbonyl (C=O) groups is 2. The SMILES string of the molecule is CCCCCCCCC/C=C\CCCCCCCCCC(=O)OCCCCCCCCCCCCCCCCCCCCCC(=O)NC(CO)C(O)CCCCCCCCCCCCC. The standard InChI is InChI=1S/C59H115NO5/c1-3-5-7-9-11-13-15-16-17-18-23-26-29-33-37-41-45-49-53-59(64)65-54-50-46-42-38-34-30-27-24-21-19-20-22-25-28-32-36-40-44-48-52-58(63)60-56(55-61)57(62)51-47-43-39-35-31-14-12-10-8-6-4-2/h17-18,56-57,61-62H,3-16,19-55H2,1-2H3,(H,60,63)/b18-17-. The molecule has 65 heavy (non-hydrogen) atoms. The minimum Gasteiger partial charge on any atom is -0.466 e. The Morgan fingerprint density at radius 3 is 1.09 bits per heavy atom. The number of nitrogens with one attached hydrogen (secondary N) is 1. The predicted octanol–water partition coefficient (Wildman–Crippen LogP) is 18.1. The number of ether oxygens (including phenoxy) is 1. The molecule has 0 aromatic heterocycles. The first-order valence-electron chi connectivity index (χ1n) is 29.4. The molecule has 0 rings (SSSR count). The maximum Gasteiger partial charge on any atom is 0.305 e. The van der Waals surface area contributed by atoms with Crippen molar-refractivity contribution < 1.29 is 24.5 Å². The summed E-state index contributed by atoms with van der Waals surface area (Å²) in [7, 11) is 0. The summed E-state index contributed by atoms with van der Waals surface area (Å²) in [5.74, 6) is -0.0311. The summed E-state index contributed by atoms with van der Waals surface area (Å²) >= 11 is 0. The van der Waals surface area contributed by atoms with Gasteiger partial charge in [-0.3, -0.25) is 9.59 Å². The Bertz CT molecular complexity index is 970. The fraction of sp³-hybridized carbons (Fsp3) is 0.932. The fourth-order valence-corrected chi connectivity index (χ4v) is 9.28. The first kappa shape index (κ1) is 63.6. The molecular formula is C59H115NO5. The van der Waals surface area contributed by atoms with Crippen LogP contribution in [0.4, 0.5) is 0 Å². The number of carbonyl (C=O) groups excluding carboxylic acids is 2. The van der Waals surface area contributed by atoms with Crippen LogP contribution in [0.15, 0.2) is 12.2 Å². The van der Waals surface area contributed by atoms with Gasteiger partial charge < -0.3 is 20.3 Å². The zero-order valence-electron chi connectivity index (χ0n) is 44.0. The third-order valence-electron chi connectivity index (χ3n) is 13.8. The predicted molar refractivity (Wildman–Crippen MR) is 283 cm³/mol. The van der Waals surface area contributed by atoms with Gasteiger partial charge in [-0.15, -0.1) is 0 Å². The Morgan fingerprint density at radius 1 is 0.415 bits per heavy atom. The Morgan fingerprint density at radius 2 is 0.723 bits per heavy atom. The molecule has 386 valence electrons. The molecule has 0 aromatic carbocycles. The quantitative estimate of drug-likeness (QED) is 0.0321. The second-order valence-corrected chi connectivity index (χ2v) is 20.3. The second kappa shape index (κ2) is 55.2. The zero-order chi connectivity index (χ0) is 47.2. The van der Waals surface area contributed by atoms with E-state index in [-0.39, 0.29) is 18.5 Å². The Hall–Kier alpha value is -1.40. The average molecular weight is 919 g/mol. The maximum atomic E-state index is 12.4. The van der Waals surface area contributed by atoms with E-state index in [1.807, 2.05) is 0 Å². The van der Waals surface area contributed by atoms with Gasteiger partial charge in [-0.1, -0.05) is 276 Å². The molecule has 0 radical (unpaired) electrons. The number of unbranched alkanes of at least 4 members (excludes halogenated alkanes) is 42. The lowest BCUT2D eigenvalue weighted by atomic mass is 10.0. The van der Waals surface area contributed by atoms with Crippen LogP contribution in [0.1, 0.15) is 328 Å². The first-order valence-corrected chi connectivity index (χ1v) is 29.4. The van der Waals surface area contributed by atoms with E-state index in [4.69, 9.17) is 4.74 Å². The van der Waals surface area contributed by atoms with Gasteiger partial charge in [0, 0.05) is 12.8 Å². The number of rotatable bonds is 55. The first-order chi connectivity index (χ1) is 32.0. The van der Waals surface area contributed by atoms with Crippen molar-refractivity contribution >= 4 is 11.9 Å². The molecule has 1 amide bonds. The average Bonchev–Trinajstić information content (AvgIpc) is 3.31. The maximum absolute atomic E-state index is 12.4. The lowest BCUT2D eigenvalue weighted by Gasteiger charge is -2.22. The Kier molecular flexibility index (Phi) is 54.0. The van der Waals surface area contributed by atoms with E-state index in [1.165, 1.54) is 250 Å². The summed E-state index contributed by atoms with van der Waals surface area (Å²) in [5, 5.41) is 23.2. The number of esters is 1. The van der Waals surface area contributed by atoms with Crippen molar-refractivity contribution in [3.63, 3.8) is 0 Å². The number of allylic oxidation sites excluding steroid dienone is 2. The molecule has 0 bridgehead atoms. The molecule has 0 fully saturated rings. The minimum absolute atomic E-state index is 0.00662. The summed E-state index contributed by atoms with van der Waals surface area (Å²) in [6.45, 7) is 4.95. The van der Waals surface area contributed by atoms with Crippen LogP contribution in [0, 0.1) is 0 Å². The van der Waals surface area contributed by atoms with Gasteiger partial charge in [0.05, 0.1) is 25.4 Å². The van der Waals surface area contributed by atoms with Crippen LogP contribution in [0.25, 0.3) is 0 Å². The van der Waals surface area contributed by atoms with Crippen LogP contribution >= 0.6 is 0 Å². The Balaban J connectivity index is 3.36. The highest BCUT2D eigenvalue weighted by Crippen LogP contribution is 2.17. The molecule has 3 N–H and O–H groups in total. The van der Waals surface area contributed by atoms with E-state index >= 15 is 0 Å². The van der Waals surface area contributed by atoms with Crippen molar-refractivity contribution in [2.45, 2.75) is 341 Å². The van der Waals surface area contributed by atoms with Gasteiger partial charge in [0.2, 0.25) is 5.91 Å². The molecule has 0 spiro atoms. The smallest absolute Gasteiger partial charge is 0.305 e. The van der Waals surface area contributed by atoms with Crippen LogP contribution in [0.5, 0.6) is 0 Å². The molecule has 2 unspecified atom stereocenters. The van der Waals surface area contributed by atoms with E-state index in [9.17, 15) is 19.8 Å². The number of aliphatic hydroxyl groups is 2. The van der Waals surface area contributed by atoms with Crippen LogP contribution < -0.4 is 5.32 Å². The molecule has 0 saturated heterocycles. The van der Waals surface area contributed by atoms with Crippen LogP contribution in [-0.2, 0) is 14.3 Å². The van der Waals surface area contributed by atoms with Crippen molar-refractivity contribution in [2.24, 2.45) is 0 Å². The van der Waals surface area contributed by atoms with Crippen molar-refractivity contribution in [1.29, 1.82) is 0 Å². The third kappa shape index (κ3) is 51.8. The number of amides is 1. The largest absolute Gasteiger partial charge is 0.466 e. The van der Waals surface area contributed by atoms with Gasteiger partial charge in [-0.05, 0) is 51.4 Å². The number of hydrogen-bond acceptors (Lipinski definition) is 5. The third-order valence-corrected chi connectivity index (χ3v) is 13.8. The summed E-state index contributed by atoms with van der Waals surface area (Å²) in [5.41, 5.74) is 0. The van der Waals surface area contributed by atoms with E-state index in [0.717, 1.165) is 44.9 Å². The van der Waals surface area contributed by atoms with E-state index in [1.54, 1.807) is 0 Å². The molecule has 0 aliphatic carbocycles. The van der Waals surface area contributed by atoms with Gasteiger partial charge in [0.1, 0.15) is 0 Å². The van der Waals surface area contributed by atoms with Crippen LogP contribution in [0.3, 0.4) is 0 Å². The van der Waals surface area contributed by atoms with Crippen LogP contribution in [-0.4, -0.2) is 47.4 Å². The zero-order valence-corrected chi connectivity index (χ0v) is 44.0. The van der Waals surface area contributed by atoms with Crippen molar-refractivity contribution in [3.05, 3.63) is 12.2 Å². The van der Waals surface area contributed by atoms with Gasteiger partial charge in [0.15, 0.2) is 0 Å². The van der Waals surface area contributed by atoms with E-state index < -0.39 is 12.1 Å². The summed E-state index contributed by atoms with van der Waals surface area (Å²) < 4.78 is 5.49. The van der Waals surface area contributed by atoms with E-state index in [0.29, 0.717) is 25.9 Å². The normalized spacial score (nSPS) is 12.6. The summed E-state index contributed by atoms with van der Waals surface area (Å²) in [6, 6.07) is -0.541. The van der Waals surface area contributed by atoms with Crippen molar-refractivity contribution in [3.8, 4) is 0 Å². The summed E-state index contributed by atoms with van der Waals surface area (Å²) in [4.78, 5) is 24.5. The fourth-order valence-electron chi connectivity index (χ4n) is 9.28. The molecule has 0 aliphatic rings. The monoisotopic (exact) mass is 918 g/mol. The van der Waals surface area contributed by atoms with Gasteiger partial charge in [-0.25, -0.2) is 0 Å². The van der Waals surface area contributed by atoms with Gasteiger partial charge >= 0.3 is 5.97 Å². The highest BCUT2D eigenvalue weighted by Gasteiger charge is 2.20. The lowest BCUT2D eigenvalue weighted by Crippen LogP contribution is -2.45. The lowest BCUT2D eigenvalue weighted by molar-refractivity contribution is -0.143. The molecule has 6 heteroatoms. The molecule has 6 nitrogen and oxygen atoms in total. The highest BCUT2D eigenvalue weighted by atomic mass is 16.5. The molecule has 2 atom stereocenters.